The van der Waals surface area contributed by atoms with Gasteiger partial charge >= 0.3 is 11.9 Å². The second-order valence-electron chi connectivity index (χ2n) is 6.49. The second kappa shape index (κ2) is 7.64. The fraction of sp³-hybridized carbons (Fsp3) is 0.238. The highest BCUT2D eigenvalue weighted by molar-refractivity contribution is 6.75. The van der Waals surface area contributed by atoms with Gasteiger partial charge in [0, 0.05) is 5.69 Å². The van der Waals surface area contributed by atoms with Gasteiger partial charge in [-0.1, -0.05) is 36.4 Å². The number of aryl methyl sites for hydroxylation is 1. The molecule has 1 atom stereocenters. The fourth-order valence-electron chi connectivity index (χ4n) is 3.12. The van der Waals surface area contributed by atoms with Crippen LogP contribution in [0.3, 0.4) is 0 Å². The van der Waals surface area contributed by atoms with Crippen LogP contribution in [0.2, 0.25) is 0 Å². The molecule has 0 bridgehead atoms. The van der Waals surface area contributed by atoms with Gasteiger partial charge < -0.3 is 4.74 Å². The van der Waals surface area contributed by atoms with E-state index in [2.05, 4.69) is 10.5 Å². The molecule has 1 N–H and O–H groups in total. The molecular weight excluding hydrogens is 358 g/mol. The molecule has 2 aromatic carbocycles. The molecule has 1 heterocycles. The van der Waals surface area contributed by atoms with Crippen molar-refractivity contribution >= 4 is 34.7 Å². The van der Waals surface area contributed by atoms with Crippen LogP contribution in [0, 0.1) is 6.92 Å². The van der Waals surface area contributed by atoms with E-state index in [-0.39, 0.29) is 12.3 Å². The molecule has 0 spiro atoms. The molecule has 1 saturated heterocycles. The zero-order valence-corrected chi connectivity index (χ0v) is 15.9. The van der Waals surface area contributed by atoms with Crippen LogP contribution in [0.15, 0.2) is 59.7 Å². The van der Waals surface area contributed by atoms with Crippen molar-refractivity contribution in [2.45, 2.75) is 26.3 Å². The van der Waals surface area contributed by atoms with E-state index in [4.69, 9.17) is 4.74 Å². The average Bonchev–Trinajstić information content (AvgIpc) is 2.89. The van der Waals surface area contributed by atoms with Crippen LogP contribution in [0.1, 0.15) is 19.4 Å². The summed E-state index contributed by atoms with van der Waals surface area (Å²) in [4.78, 5) is 39.5. The van der Waals surface area contributed by atoms with E-state index in [1.165, 1.54) is 6.92 Å². The molecule has 1 amide bonds. The summed E-state index contributed by atoms with van der Waals surface area (Å²) in [6.07, 6.45) is 0. The van der Waals surface area contributed by atoms with Crippen LogP contribution in [0.5, 0.6) is 0 Å². The van der Waals surface area contributed by atoms with Crippen molar-refractivity contribution in [3.8, 4) is 0 Å². The Balaban J connectivity index is 2.10. The molecule has 1 unspecified atom stereocenters. The molecule has 1 aliphatic rings. The van der Waals surface area contributed by atoms with Gasteiger partial charge in [0.1, 0.15) is 0 Å². The lowest BCUT2D eigenvalue weighted by Crippen LogP contribution is -2.55. The van der Waals surface area contributed by atoms with Crippen molar-refractivity contribution in [2.24, 2.45) is 5.10 Å². The number of carbonyl (C=O) groups is 3. The Hall–Kier alpha value is -3.48. The highest BCUT2D eigenvalue weighted by Crippen LogP contribution is 2.33. The van der Waals surface area contributed by atoms with Gasteiger partial charge in [0.15, 0.2) is 11.3 Å². The van der Waals surface area contributed by atoms with Gasteiger partial charge in [0.25, 0.3) is 5.78 Å². The summed E-state index contributed by atoms with van der Waals surface area (Å²) in [6, 6.07) is 15.9. The normalized spacial score (nSPS) is 20.5. The van der Waals surface area contributed by atoms with Crippen LogP contribution in [-0.2, 0) is 19.1 Å². The smallest absolute Gasteiger partial charge is 0.338 e. The van der Waals surface area contributed by atoms with Crippen molar-refractivity contribution in [1.82, 2.24) is 0 Å². The Labute approximate surface area is 163 Å². The van der Waals surface area contributed by atoms with E-state index in [9.17, 15) is 14.4 Å². The first-order valence-corrected chi connectivity index (χ1v) is 8.92. The summed E-state index contributed by atoms with van der Waals surface area (Å²) < 4.78 is 5.19. The number of hydrazone groups is 1. The number of hydrogen-bond acceptors (Lipinski definition) is 6. The summed E-state index contributed by atoms with van der Waals surface area (Å²) >= 11 is 0. The van der Waals surface area contributed by atoms with Gasteiger partial charge in [-0.3, -0.25) is 19.9 Å². The Bertz CT molecular complexity index is 955. The Morgan fingerprint density at radius 3 is 2.39 bits per heavy atom. The van der Waals surface area contributed by atoms with Crippen LogP contribution >= 0.6 is 0 Å². The number of ether oxygens (including phenoxy) is 1. The number of ketones is 1. The molecule has 144 valence electrons. The van der Waals surface area contributed by atoms with Crippen molar-refractivity contribution in [3.05, 3.63) is 60.2 Å². The molecule has 2 aromatic rings. The summed E-state index contributed by atoms with van der Waals surface area (Å²) in [6.45, 7) is 5.12. The number of amides is 1. The van der Waals surface area contributed by atoms with Crippen molar-refractivity contribution < 1.29 is 19.1 Å². The predicted octanol–water partition coefficient (Wildman–Crippen LogP) is 2.70. The summed E-state index contributed by atoms with van der Waals surface area (Å²) in [7, 11) is 0. The molecule has 0 aromatic heterocycles. The Morgan fingerprint density at radius 1 is 1.11 bits per heavy atom. The third kappa shape index (κ3) is 3.15. The number of carbonyl (C=O) groups excluding carboxylic acids is 3. The van der Waals surface area contributed by atoms with Gasteiger partial charge in [-0.15, -0.1) is 0 Å². The molecule has 0 saturated carbocycles. The minimum absolute atomic E-state index is 0.109. The number of Topliss-reactive ketones (excluding diaryl/α,β-unsaturated/α-hetero) is 1. The van der Waals surface area contributed by atoms with Gasteiger partial charge in [-0.2, -0.15) is 5.10 Å². The second-order valence-corrected chi connectivity index (χ2v) is 6.49. The third-order valence-corrected chi connectivity index (χ3v) is 4.64. The van der Waals surface area contributed by atoms with Crippen LogP contribution in [-0.4, -0.2) is 35.5 Å². The van der Waals surface area contributed by atoms with Crippen molar-refractivity contribution in [2.75, 3.05) is 16.9 Å². The number of anilines is 2. The maximum atomic E-state index is 12.9. The number of para-hydroxylation sites is 2. The van der Waals surface area contributed by atoms with Gasteiger partial charge in [-0.25, -0.2) is 4.79 Å². The van der Waals surface area contributed by atoms with E-state index < -0.39 is 23.2 Å². The lowest BCUT2D eigenvalue weighted by molar-refractivity contribution is -0.147. The topological polar surface area (TPSA) is 88.1 Å². The van der Waals surface area contributed by atoms with Crippen LogP contribution < -0.4 is 10.3 Å². The maximum Gasteiger partial charge on any atom is 0.338 e. The highest BCUT2D eigenvalue weighted by atomic mass is 16.5. The number of esters is 1. The minimum Gasteiger partial charge on any atom is -0.464 e. The predicted molar refractivity (Wildman–Crippen MR) is 106 cm³/mol. The summed E-state index contributed by atoms with van der Waals surface area (Å²) in [5.74, 6) is -2.39. The maximum absolute atomic E-state index is 12.9. The standard InChI is InChI=1S/C21H21N3O4/c1-4-28-20(27)21(3)18(23-22-16-13-9-8-10-14(16)2)17(25)19(26)24(21)15-11-6-5-7-12-15/h5-13,22H,4H2,1-3H3/b23-18+. The molecule has 3 rings (SSSR count). The third-order valence-electron chi connectivity index (χ3n) is 4.64. The lowest BCUT2D eigenvalue weighted by atomic mass is 9.95. The highest BCUT2D eigenvalue weighted by Gasteiger charge is 2.60. The van der Waals surface area contributed by atoms with Gasteiger partial charge in [0.05, 0.1) is 12.3 Å². The number of benzene rings is 2. The first kappa shape index (κ1) is 19.3. The Kier molecular flexibility index (Phi) is 5.26. The quantitative estimate of drug-likeness (QED) is 0.490. The number of rotatable bonds is 5. The van der Waals surface area contributed by atoms with Crippen molar-refractivity contribution in [1.29, 1.82) is 0 Å². The number of nitrogens with zero attached hydrogens (tertiary/aromatic N) is 2. The van der Waals surface area contributed by atoms with E-state index in [1.807, 2.05) is 25.1 Å². The lowest BCUT2D eigenvalue weighted by Gasteiger charge is -2.31. The summed E-state index contributed by atoms with van der Waals surface area (Å²) in [5.41, 5.74) is 2.91. The average molecular weight is 379 g/mol. The largest absolute Gasteiger partial charge is 0.464 e. The van der Waals surface area contributed by atoms with E-state index in [0.717, 1.165) is 10.5 Å². The fourth-order valence-corrected chi connectivity index (χ4v) is 3.12. The zero-order valence-electron chi connectivity index (χ0n) is 15.9. The minimum atomic E-state index is -1.68. The van der Waals surface area contributed by atoms with Gasteiger partial charge in [0.2, 0.25) is 0 Å². The van der Waals surface area contributed by atoms with Crippen LogP contribution in [0.25, 0.3) is 0 Å². The van der Waals surface area contributed by atoms with Crippen LogP contribution in [0.4, 0.5) is 11.4 Å². The molecular formula is C21H21N3O4. The van der Waals surface area contributed by atoms with E-state index in [0.29, 0.717) is 11.4 Å². The number of hydrogen-bond donors (Lipinski definition) is 1. The van der Waals surface area contributed by atoms with Gasteiger partial charge in [-0.05, 0) is 44.5 Å². The van der Waals surface area contributed by atoms with Crippen molar-refractivity contribution in [3.63, 3.8) is 0 Å². The summed E-state index contributed by atoms with van der Waals surface area (Å²) in [5, 5.41) is 4.17. The van der Waals surface area contributed by atoms with E-state index in [1.54, 1.807) is 43.3 Å². The molecule has 0 aliphatic carbocycles. The molecule has 28 heavy (non-hydrogen) atoms. The SMILES string of the molecule is CCOC(=O)C1(C)/C(=N/Nc2ccccc2C)C(=O)C(=O)N1c1ccccc1. The monoisotopic (exact) mass is 379 g/mol. The first-order valence-electron chi connectivity index (χ1n) is 8.92. The Morgan fingerprint density at radius 2 is 1.75 bits per heavy atom. The molecule has 0 radical (unpaired) electrons. The van der Waals surface area contributed by atoms with E-state index >= 15 is 0 Å². The zero-order chi connectivity index (χ0) is 20.3. The molecule has 1 fully saturated rings. The molecule has 7 nitrogen and oxygen atoms in total. The number of nitrogens with one attached hydrogen (secondary N) is 1. The molecule has 7 heteroatoms. The molecule has 1 aliphatic heterocycles. The first-order chi connectivity index (χ1) is 13.4.